The van der Waals surface area contributed by atoms with E-state index in [-0.39, 0.29) is 18.1 Å². The average Bonchev–Trinajstić information content (AvgIpc) is 2.71. The number of aryl methyl sites for hydroxylation is 1. The van der Waals surface area contributed by atoms with E-state index in [9.17, 15) is 19.8 Å². The first-order valence-electron chi connectivity index (χ1n) is 10.6. The van der Waals surface area contributed by atoms with Crippen LogP contribution in [0.2, 0.25) is 0 Å². The van der Waals surface area contributed by atoms with Gasteiger partial charge in [0.25, 0.3) is 0 Å². The van der Waals surface area contributed by atoms with E-state index >= 15 is 0 Å². The molecule has 0 aliphatic carbocycles. The number of nitrogens with zero attached hydrogens (tertiary/aromatic N) is 1. The number of unbranched alkanes of at least 4 members (excludes halogenated alkanes) is 1. The Morgan fingerprint density at radius 2 is 1.84 bits per heavy atom. The van der Waals surface area contributed by atoms with Crippen molar-refractivity contribution >= 4 is 12.0 Å². The van der Waals surface area contributed by atoms with Gasteiger partial charge in [-0.05, 0) is 42.2 Å². The monoisotopic (exact) mass is 426 g/mol. The second-order valence-electron chi connectivity index (χ2n) is 8.08. The Morgan fingerprint density at radius 3 is 2.45 bits per heavy atom. The number of phenolic OH excluding ortho intramolecular Hbond substituents is 1. The Morgan fingerprint density at radius 1 is 1.16 bits per heavy atom. The molecule has 166 valence electrons. The number of likely N-dealkylation sites (tertiary alicyclic amines) is 1. The van der Waals surface area contributed by atoms with Gasteiger partial charge in [0.15, 0.2) is 0 Å². The van der Waals surface area contributed by atoms with Crippen molar-refractivity contribution < 1.29 is 24.5 Å². The number of rotatable bonds is 9. The smallest absolute Gasteiger partial charge is 0.405 e. The minimum atomic E-state index is -1.25. The van der Waals surface area contributed by atoms with Crippen LogP contribution >= 0.6 is 0 Å². The number of carbonyl (C=O) groups excluding carboxylic acids is 1. The predicted molar refractivity (Wildman–Crippen MR) is 117 cm³/mol. The van der Waals surface area contributed by atoms with Crippen LogP contribution in [-0.2, 0) is 21.6 Å². The van der Waals surface area contributed by atoms with Gasteiger partial charge in [-0.3, -0.25) is 4.79 Å². The summed E-state index contributed by atoms with van der Waals surface area (Å²) < 4.78 is 6.29. The van der Waals surface area contributed by atoms with Crippen LogP contribution in [0, 0.1) is 6.92 Å². The number of carbonyl (C=O) groups is 2. The number of phenols is 1. The summed E-state index contributed by atoms with van der Waals surface area (Å²) in [5, 5.41) is 21.0. The van der Waals surface area contributed by atoms with Gasteiger partial charge in [0.2, 0.25) is 5.91 Å². The molecule has 1 saturated heterocycles. The van der Waals surface area contributed by atoms with Crippen LogP contribution in [0.4, 0.5) is 4.79 Å². The number of aromatic hydroxyl groups is 1. The fraction of sp³-hybridized carbons (Fsp3) is 0.417. The maximum absolute atomic E-state index is 13.2. The zero-order valence-electron chi connectivity index (χ0n) is 18.0. The van der Waals surface area contributed by atoms with Gasteiger partial charge in [-0.2, -0.15) is 0 Å². The third-order valence-corrected chi connectivity index (χ3v) is 5.69. The van der Waals surface area contributed by atoms with E-state index in [1.165, 1.54) is 12.1 Å². The lowest BCUT2D eigenvalue weighted by Gasteiger charge is -2.51. The molecule has 1 heterocycles. The van der Waals surface area contributed by atoms with Crippen molar-refractivity contribution in [3.63, 3.8) is 0 Å². The second kappa shape index (κ2) is 9.83. The molecular formula is C24H30N2O5. The lowest BCUT2D eigenvalue weighted by Crippen LogP contribution is -2.66. The number of amides is 2. The average molecular weight is 427 g/mol. The van der Waals surface area contributed by atoms with Gasteiger partial charge in [0.1, 0.15) is 17.4 Å². The second-order valence-corrected chi connectivity index (χ2v) is 8.08. The molecule has 3 N–H and O–H groups in total. The highest BCUT2D eigenvalue weighted by Gasteiger charge is 2.49. The Balaban J connectivity index is 1.75. The summed E-state index contributed by atoms with van der Waals surface area (Å²) in [5.74, 6) is -0.161. The standard InChI is InChI=1S/C24H30N2O5/c1-3-4-13-31-24(20-8-6-5-7-17(20)2)15-26(16-24)22(28)21(25-23(29)30)14-18-9-11-19(27)12-10-18/h5-12,21,25,27H,3-4,13-16H2,1-2H3,(H,29,30). The minimum Gasteiger partial charge on any atom is -0.508 e. The zero-order chi connectivity index (χ0) is 22.4. The number of benzene rings is 2. The molecule has 0 radical (unpaired) electrons. The molecule has 0 aromatic heterocycles. The molecule has 1 fully saturated rings. The molecule has 7 nitrogen and oxygen atoms in total. The maximum atomic E-state index is 13.2. The summed E-state index contributed by atoms with van der Waals surface area (Å²) in [6.45, 7) is 5.51. The normalized spacial score (nSPS) is 15.7. The van der Waals surface area contributed by atoms with Crippen LogP contribution < -0.4 is 5.32 Å². The molecule has 31 heavy (non-hydrogen) atoms. The number of nitrogens with one attached hydrogen (secondary N) is 1. The molecule has 1 aliphatic rings. The van der Waals surface area contributed by atoms with Crippen LogP contribution in [0.3, 0.4) is 0 Å². The molecule has 0 bridgehead atoms. The van der Waals surface area contributed by atoms with Gasteiger partial charge < -0.3 is 25.2 Å². The highest BCUT2D eigenvalue weighted by Crippen LogP contribution is 2.38. The number of hydrogen-bond acceptors (Lipinski definition) is 4. The summed E-state index contributed by atoms with van der Waals surface area (Å²) in [4.78, 5) is 26.1. The van der Waals surface area contributed by atoms with Crippen molar-refractivity contribution in [2.75, 3.05) is 19.7 Å². The number of hydrogen-bond donors (Lipinski definition) is 3. The van der Waals surface area contributed by atoms with E-state index in [2.05, 4.69) is 12.2 Å². The van der Waals surface area contributed by atoms with Gasteiger partial charge >= 0.3 is 6.09 Å². The van der Waals surface area contributed by atoms with Crippen molar-refractivity contribution in [2.45, 2.75) is 44.8 Å². The lowest BCUT2D eigenvalue weighted by atomic mass is 9.82. The fourth-order valence-electron chi connectivity index (χ4n) is 4.00. The number of ether oxygens (including phenoxy) is 1. The number of carboxylic acid groups (broad SMARTS) is 1. The maximum Gasteiger partial charge on any atom is 0.405 e. The summed E-state index contributed by atoms with van der Waals surface area (Å²) in [5.41, 5.74) is 2.37. The molecule has 0 spiro atoms. The van der Waals surface area contributed by atoms with Crippen LogP contribution in [0.15, 0.2) is 48.5 Å². The molecule has 1 atom stereocenters. The molecule has 1 unspecified atom stereocenters. The largest absolute Gasteiger partial charge is 0.508 e. The Labute approximate surface area is 182 Å². The first-order valence-corrected chi connectivity index (χ1v) is 10.6. The van der Waals surface area contributed by atoms with Crippen LogP contribution in [0.1, 0.15) is 36.5 Å². The predicted octanol–water partition coefficient (Wildman–Crippen LogP) is 3.43. The van der Waals surface area contributed by atoms with Gasteiger partial charge in [-0.1, -0.05) is 49.7 Å². The quantitative estimate of drug-likeness (QED) is 0.534. The Hall–Kier alpha value is -3.06. The Kier molecular flexibility index (Phi) is 7.17. The third kappa shape index (κ3) is 5.35. The SMILES string of the molecule is CCCCOC1(c2ccccc2C)CN(C(=O)C(Cc2ccc(O)cc2)NC(=O)O)C1. The van der Waals surface area contributed by atoms with Gasteiger partial charge in [0.05, 0.1) is 13.1 Å². The fourth-order valence-corrected chi connectivity index (χ4v) is 4.00. The lowest BCUT2D eigenvalue weighted by molar-refractivity contribution is -0.175. The third-order valence-electron chi connectivity index (χ3n) is 5.69. The van der Waals surface area contributed by atoms with Gasteiger partial charge in [0, 0.05) is 13.0 Å². The van der Waals surface area contributed by atoms with Gasteiger partial charge in [-0.15, -0.1) is 0 Å². The first-order chi connectivity index (χ1) is 14.8. The minimum absolute atomic E-state index is 0.118. The van der Waals surface area contributed by atoms with Crippen LogP contribution in [-0.4, -0.2) is 52.9 Å². The van der Waals surface area contributed by atoms with E-state index in [1.807, 2.05) is 31.2 Å². The van der Waals surface area contributed by atoms with Gasteiger partial charge in [-0.25, -0.2) is 4.79 Å². The molecule has 7 heteroatoms. The first kappa shape index (κ1) is 22.6. The summed E-state index contributed by atoms with van der Waals surface area (Å²) in [6.07, 6.45) is 0.910. The molecule has 0 saturated carbocycles. The molecule has 2 amide bonds. The summed E-state index contributed by atoms with van der Waals surface area (Å²) >= 11 is 0. The van der Waals surface area contributed by atoms with Crippen molar-refractivity contribution in [2.24, 2.45) is 0 Å². The van der Waals surface area contributed by atoms with Crippen molar-refractivity contribution in [1.82, 2.24) is 10.2 Å². The molecule has 3 rings (SSSR count). The van der Waals surface area contributed by atoms with E-state index < -0.39 is 17.7 Å². The Bertz CT molecular complexity index is 906. The van der Waals surface area contributed by atoms with E-state index in [4.69, 9.17) is 4.74 Å². The van der Waals surface area contributed by atoms with Crippen molar-refractivity contribution in [3.05, 3.63) is 65.2 Å². The van der Waals surface area contributed by atoms with E-state index in [0.717, 1.165) is 29.5 Å². The summed E-state index contributed by atoms with van der Waals surface area (Å²) in [7, 11) is 0. The molecule has 1 aliphatic heterocycles. The van der Waals surface area contributed by atoms with Crippen LogP contribution in [0.5, 0.6) is 5.75 Å². The highest BCUT2D eigenvalue weighted by atomic mass is 16.5. The van der Waals surface area contributed by atoms with Crippen molar-refractivity contribution in [1.29, 1.82) is 0 Å². The highest BCUT2D eigenvalue weighted by molar-refractivity contribution is 5.86. The van der Waals surface area contributed by atoms with E-state index in [0.29, 0.717) is 19.7 Å². The molecular weight excluding hydrogens is 396 g/mol. The molecule has 2 aromatic rings. The molecule has 2 aromatic carbocycles. The van der Waals surface area contributed by atoms with E-state index in [1.54, 1.807) is 17.0 Å². The zero-order valence-corrected chi connectivity index (χ0v) is 18.0. The van der Waals surface area contributed by atoms with Crippen LogP contribution in [0.25, 0.3) is 0 Å². The van der Waals surface area contributed by atoms with Crippen molar-refractivity contribution in [3.8, 4) is 5.75 Å². The topological polar surface area (TPSA) is 99.1 Å². The summed E-state index contributed by atoms with van der Waals surface area (Å²) in [6, 6.07) is 13.5.